The molecule has 0 aliphatic rings. The van der Waals surface area contributed by atoms with E-state index in [1.165, 1.54) is 11.1 Å². The zero-order chi connectivity index (χ0) is 13.5. The second kappa shape index (κ2) is 7.52. The normalized spacial score (nSPS) is 14.8. The van der Waals surface area contributed by atoms with Gasteiger partial charge in [-0.3, -0.25) is 4.90 Å². The molecule has 0 aliphatic carbocycles. The Morgan fingerprint density at radius 2 is 1.89 bits per heavy atom. The van der Waals surface area contributed by atoms with Gasteiger partial charge in [-0.2, -0.15) is 0 Å². The first-order valence-electron chi connectivity index (χ1n) is 6.62. The van der Waals surface area contributed by atoms with Crippen LogP contribution in [-0.2, 0) is 11.2 Å². The van der Waals surface area contributed by atoms with E-state index in [1.807, 2.05) is 0 Å². The molecule has 0 aliphatic heterocycles. The minimum Gasteiger partial charge on any atom is -0.383 e. The predicted molar refractivity (Wildman–Crippen MR) is 76.7 cm³/mol. The molecule has 0 radical (unpaired) electrons. The van der Waals surface area contributed by atoms with Crippen LogP contribution in [-0.4, -0.2) is 38.3 Å². The zero-order valence-electron chi connectivity index (χ0n) is 12.0. The number of methoxy groups -OCH3 is 1. The molecule has 2 unspecified atom stereocenters. The van der Waals surface area contributed by atoms with Crippen LogP contribution < -0.4 is 5.73 Å². The molecule has 2 N–H and O–H groups in total. The number of aryl methyl sites for hydroxylation is 1. The van der Waals surface area contributed by atoms with Crippen molar-refractivity contribution >= 4 is 0 Å². The minimum absolute atomic E-state index is 0.0558. The van der Waals surface area contributed by atoms with Crippen molar-refractivity contribution in [3.63, 3.8) is 0 Å². The van der Waals surface area contributed by atoms with E-state index in [2.05, 4.69) is 50.1 Å². The van der Waals surface area contributed by atoms with Gasteiger partial charge < -0.3 is 10.5 Å². The van der Waals surface area contributed by atoms with Crippen molar-refractivity contribution in [3.05, 3.63) is 35.4 Å². The highest BCUT2D eigenvalue weighted by atomic mass is 16.5. The first kappa shape index (κ1) is 15.2. The molecule has 0 aromatic heterocycles. The number of ether oxygens (including phenoxy) is 1. The molecular weight excluding hydrogens is 224 g/mol. The van der Waals surface area contributed by atoms with Gasteiger partial charge in [-0.1, -0.05) is 31.2 Å². The van der Waals surface area contributed by atoms with Crippen LogP contribution >= 0.6 is 0 Å². The van der Waals surface area contributed by atoms with Crippen molar-refractivity contribution in [2.24, 2.45) is 5.73 Å². The average Bonchev–Trinajstić information content (AvgIpc) is 2.39. The van der Waals surface area contributed by atoms with Crippen LogP contribution in [0.1, 0.15) is 31.0 Å². The van der Waals surface area contributed by atoms with Crippen molar-refractivity contribution < 1.29 is 4.74 Å². The number of nitrogens with two attached hydrogens (primary N) is 1. The maximum atomic E-state index is 6.24. The highest BCUT2D eigenvalue weighted by molar-refractivity contribution is 5.25. The molecule has 18 heavy (non-hydrogen) atoms. The lowest BCUT2D eigenvalue weighted by molar-refractivity contribution is 0.112. The van der Waals surface area contributed by atoms with Gasteiger partial charge in [0.15, 0.2) is 0 Å². The van der Waals surface area contributed by atoms with Gasteiger partial charge in [0.05, 0.1) is 6.61 Å². The Kier molecular flexibility index (Phi) is 6.33. The summed E-state index contributed by atoms with van der Waals surface area (Å²) in [5.41, 5.74) is 8.79. The van der Waals surface area contributed by atoms with Gasteiger partial charge in [-0.05, 0) is 31.5 Å². The van der Waals surface area contributed by atoms with Gasteiger partial charge in [0.2, 0.25) is 0 Å². The second-order valence-electron chi connectivity index (χ2n) is 4.95. The largest absolute Gasteiger partial charge is 0.383 e. The molecule has 0 spiro atoms. The smallest absolute Gasteiger partial charge is 0.0615 e. The fourth-order valence-electron chi connectivity index (χ4n) is 1.96. The molecule has 1 aromatic rings. The number of hydrogen-bond donors (Lipinski definition) is 1. The van der Waals surface area contributed by atoms with Crippen LogP contribution in [0.3, 0.4) is 0 Å². The molecule has 0 fully saturated rings. The highest BCUT2D eigenvalue weighted by Crippen LogP contribution is 2.14. The molecular formula is C15H26N2O. The van der Waals surface area contributed by atoms with E-state index in [4.69, 9.17) is 10.5 Å². The lowest BCUT2D eigenvalue weighted by atomic mass is 10.0. The Hall–Kier alpha value is -0.900. The van der Waals surface area contributed by atoms with Crippen LogP contribution in [0.5, 0.6) is 0 Å². The van der Waals surface area contributed by atoms with Gasteiger partial charge in [-0.25, -0.2) is 0 Å². The molecule has 0 heterocycles. The maximum absolute atomic E-state index is 6.24. The van der Waals surface area contributed by atoms with Gasteiger partial charge in [0.1, 0.15) is 0 Å². The fourth-order valence-corrected chi connectivity index (χ4v) is 1.96. The summed E-state index contributed by atoms with van der Waals surface area (Å²) in [7, 11) is 3.82. The molecule has 3 heteroatoms. The van der Waals surface area contributed by atoms with Crippen LogP contribution in [0.2, 0.25) is 0 Å². The Balaban J connectivity index is 2.55. The van der Waals surface area contributed by atoms with Gasteiger partial charge in [0, 0.05) is 25.7 Å². The quantitative estimate of drug-likeness (QED) is 0.806. The van der Waals surface area contributed by atoms with E-state index in [-0.39, 0.29) is 6.04 Å². The number of nitrogens with zero attached hydrogens (tertiary/aromatic N) is 1. The Bertz CT molecular complexity index is 337. The van der Waals surface area contributed by atoms with Gasteiger partial charge >= 0.3 is 0 Å². The molecule has 102 valence electrons. The third-order valence-electron chi connectivity index (χ3n) is 3.46. The van der Waals surface area contributed by atoms with E-state index in [9.17, 15) is 0 Å². The third-order valence-corrected chi connectivity index (χ3v) is 3.46. The lowest BCUT2D eigenvalue weighted by Crippen LogP contribution is -2.37. The van der Waals surface area contributed by atoms with E-state index in [1.54, 1.807) is 7.11 Å². The van der Waals surface area contributed by atoms with Crippen molar-refractivity contribution in [1.82, 2.24) is 4.90 Å². The van der Waals surface area contributed by atoms with E-state index in [0.29, 0.717) is 6.04 Å². The second-order valence-corrected chi connectivity index (χ2v) is 4.95. The molecule has 0 saturated heterocycles. The summed E-state index contributed by atoms with van der Waals surface area (Å²) in [4.78, 5) is 2.24. The topological polar surface area (TPSA) is 38.5 Å². The number of benzene rings is 1. The van der Waals surface area contributed by atoms with Crippen LogP contribution in [0.25, 0.3) is 0 Å². The first-order chi connectivity index (χ1) is 8.58. The van der Waals surface area contributed by atoms with Gasteiger partial charge in [-0.15, -0.1) is 0 Å². The summed E-state index contributed by atoms with van der Waals surface area (Å²) >= 11 is 0. The minimum atomic E-state index is 0.0558. The molecule has 0 saturated carbocycles. The van der Waals surface area contributed by atoms with Crippen molar-refractivity contribution in [3.8, 4) is 0 Å². The molecule has 0 amide bonds. The maximum Gasteiger partial charge on any atom is 0.0615 e. The summed E-state index contributed by atoms with van der Waals surface area (Å²) in [6.45, 7) is 5.89. The van der Waals surface area contributed by atoms with Gasteiger partial charge in [0.25, 0.3) is 0 Å². The molecule has 1 aromatic carbocycles. The summed E-state index contributed by atoms with van der Waals surface area (Å²) in [6, 6.07) is 9.04. The standard InChI is InChI=1S/C15H26N2O/c1-5-13-6-8-14(9-7-13)15(16)10-17(3)12(2)11-18-4/h6-9,12,15H,5,10-11,16H2,1-4H3. The highest BCUT2D eigenvalue weighted by Gasteiger charge is 2.13. The Morgan fingerprint density at radius 3 is 2.39 bits per heavy atom. The molecule has 3 nitrogen and oxygen atoms in total. The van der Waals surface area contributed by atoms with E-state index >= 15 is 0 Å². The summed E-state index contributed by atoms with van der Waals surface area (Å²) < 4.78 is 5.16. The average molecular weight is 250 g/mol. The lowest BCUT2D eigenvalue weighted by Gasteiger charge is -2.27. The fraction of sp³-hybridized carbons (Fsp3) is 0.600. The van der Waals surface area contributed by atoms with E-state index in [0.717, 1.165) is 19.6 Å². The summed E-state index contributed by atoms with van der Waals surface area (Å²) in [6.07, 6.45) is 1.07. The molecule has 2 atom stereocenters. The van der Waals surface area contributed by atoms with Crippen LogP contribution in [0, 0.1) is 0 Å². The van der Waals surface area contributed by atoms with E-state index < -0.39 is 0 Å². The third kappa shape index (κ3) is 4.41. The Labute approximate surface area is 111 Å². The monoisotopic (exact) mass is 250 g/mol. The molecule has 0 bridgehead atoms. The predicted octanol–water partition coefficient (Wildman–Crippen LogP) is 2.22. The SMILES string of the molecule is CCc1ccc(C(N)CN(C)C(C)COC)cc1. The summed E-state index contributed by atoms with van der Waals surface area (Å²) in [5, 5.41) is 0. The zero-order valence-corrected chi connectivity index (χ0v) is 12.0. The summed E-state index contributed by atoms with van der Waals surface area (Å²) in [5.74, 6) is 0. The number of likely N-dealkylation sites (N-methyl/N-ethyl adjacent to an activating group) is 1. The first-order valence-corrected chi connectivity index (χ1v) is 6.62. The van der Waals surface area contributed by atoms with Crippen molar-refractivity contribution in [1.29, 1.82) is 0 Å². The van der Waals surface area contributed by atoms with Crippen molar-refractivity contribution in [2.75, 3.05) is 27.3 Å². The van der Waals surface area contributed by atoms with Crippen molar-refractivity contribution in [2.45, 2.75) is 32.4 Å². The van der Waals surface area contributed by atoms with Crippen LogP contribution in [0.15, 0.2) is 24.3 Å². The van der Waals surface area contributed by atoms with Crippen LogP contribution in [0.4, 0.5) is 0 Å². The number of rotatable bonds is 7. The molecule has 1 rings (SSSR count). The number of hydrogen-bond acceptors (Lipinski definition) is 3. The Morgan fingerprint density at radius 1 is 1.28 bits per heavy atom.